The van der Waals surface area contributed by atoms with Crippen LogP contribution in [0.25, 0.3) is 0 Å². The Balaban J connectivity index is 2.42. The number of nitrogens with two attached hydrogens (primary N) is 1. The van der Waals surface area contributed by atoms with Crippen LogP contribution >= 0.6 is 15.9 Å². The van der Waals surface area contributed by atoms with Crippen LogP contribution in [0.2, 0.25) is 0 Å². The van der Waals surface area contributed by atoms with E-state index >= 15 is 0 Å². The van der Waals surface area contributed by atoms with Crippen LogP contribution in [-0.4, -0.2) is 15.8 Å². The summed E-state index contributed by atoms with van der Waals surface area (Å²) in [5.41, 5.74) is 4.21. The van der Waals surface area contributed by atoms with Crippen molar-refractivity contribution in [2.24, 2.45) is 0 Å². The summed E-state index contributed by atoms with van der Waals surface area (Å²) in [6.07, 6.45) is 2.86. The van der Waals surface area contributed by atoms with E-state index in [1.54, 1.807) is 0 Å². The molecule has 1 aromatic carbocycles. The van der Waals surface area contributed by atoms with Crippen LogP contribution in [0.3, 0.4) is 0 Å². The maximum Gasteiger partial charge on any atom is 0.293 e. The number of carbonyl (C=O) groups is 1. The summed E-state index contributed by atoms with van der Waals surface area (Å²) in [4.78, 5) is 25.9. The number of nitrogen functional groups attached to an aromatic ring is 1. The third kappa shape index (κ3) is 2.97. The first kappa shape index (κ1) is 14.9. The van der Waals surface area contributed by atoms with Crippen molar-refractivity contribution < 1.29 is 14.1 Å². The Morgan fingerprint density at radius 2 is 2.14 bits per heavy atom. The molecule has 2 aromatic rings. The van der Waals surface area contributed by atoms with Gasteiger partial charge in [0.2, 0.25) is 0 Å². The van der Waals surface area contributed by atoms with Crippen LogP contribution in [0.1, 0.15) is 10.4 Å². The van der Waals surface area contributed by atoms with Crippen molar-refractivity contribution in [2.45, 2.75) is 0 Å². The van der Waals surface area contributed by atoms with Crippen molar-refractivity contribution in [1.82, 2.24) is 4.98 Å². The Kier molecular flexibility index (Phi) is 4.13. The lowest BCUT2D eigenvalue weighted by molar-refractivity contribution is -0.384. The lowest BCUT2D eigenvalue weighted by Gasteiger charge is -2.09. The molecule has 0 radical (unpaired) electrons. The van der Waals surface area contributed by atoms with Gasteiger partial charge in [0.15, 0.2) is 0 Å². The Hall–Kier alpha value is -2.55. The fourth-order valence-corrected chi connectivity index (χ4v) is 1.98. The van der Waals surface area contributed by atoms with Gasteiger partial charge in [-0.3, -0.25) is 19.9 Å². The number of halogens is 2. The quantitative estimate of drug-likeness (QED) is 0.500. The van der Waals surface area contributed by atoms with Gasteiger partial charge in [0.05, 0.1) is 15.1 Å². The highest BCUT2D eigenvalue weighted by Crippen LogP contribution is 2.29. The SMILES string of the molecule is Nc1c([N+](=O)[O-])ccc(F)c1C(=O)Nc1ccncc1Br. The van der Waals surface area contributed by atoms with Crippen LogP contribution in [0, 0.1) is 15.9 Å². The smallest absolute Gasteiger partial charge is 0.293 e. The zero-order chi connectivity index (χ0) is 15.6. The molecule has 2 rings (SSSR count). The molecule has 0 atom stereocenters. The molecule has 0 aliphatic heterocycles. The maximum absolute atomic E-state index is 13.8. The van der Waals surface area contributed by atoms with Gasteiger partial charge in [0.1, 0.15) is 17.1 Å². The molecule has 0 bridgehead atoms. The number of amides is 1. The van der Waals surface area contributed by atoms with Gasteiger partial charge in [0, 0.05) is 18.5 Å². The van der Waals surface area contributed by atoms with E-state index in [1.165, 1.54) is 18.5 Å². The first-order chi connectivity index (χ1) is 9.91. The number of nitrogens with zero attached hydrogens (tertiary/aromatic N) is 2. The van der Waals surface area contributed by atoms with Crippen LogP contribution in [0.5, 0.6) is 0 Å². The summed E-state index contributed by atoms with van der Waals surface area (Å²) < 4.78 is 14.2. The maximum atomic E-state index is 13.8. The lowest BCUT2D eigenvalue weighted by Crippen LogP contribution is -2.17. The Bertz CT molecular complexity index is 738. The van der Waals surface area contributed by atoms with E-state index in [4.69, 9.17) is 5.73 Å². The molecule has 0 saturated heterocycles. The second-order valence-corrected chi connectivity index (χ2v) is 4.78. The van der Waals surface area contributed by atoms with E-state index in [2.05, 4.69) is 26.2 Å². The first-order valence-corrected chi connectivity index (χ1v) is 6.34. The lowest BCUT2D eigenvalue weighted by atomic mass is 10.1. The van der Waals surface area contributed by atoms with Crippen molar-refractivity contribution in [3.05, 3.63) is 56.6 Å². The van der Waals surface area contributed by atoms with Crippen LogP contribution < -0.4 is 11.1 Å². The highest BCUT2D eigenvalue weighted by atomic mass is 79.9. The van der Waals surface area contributed by atoms with Crippen LogP contribution in [0.4, 0.5) is 21.5 Å². The highest BCUT2D eigenvalue weighted by molar-refractivity contribution is 9.10. The van der Waals surface area contributed by atoms with Crippen molar-refractivity contribution in [2.75, 3.05) is 11.1 Å². The average molecular weight is 355 g/mol. The topological polar surface area (TPSA) is 111 Å². The molecule has 0 saturated carbocycles. The van der Waals surface area contributed by atoms with Gasteiger partial charge in [-0.25, -0.2) is 4.39 Å². The molecule has 1 aromatic heterocycles. The predicted octanol–water partition coefficient (Wildman–Crippen LogP) is 2.73. The molecule has 108 valence electrons. The predicted molar refractivity (Wildman–Crippen MR) is 77.4 cm³/mol. The number of anilines is 2. The third-order valence-corrected chi connectivity index (χ3v) is 3.25. The number of benzene rings is 1. The van der Waals surface area contributed by atoms with Gasteiger partial charge in [-0.2, -0.15) is 0 Å². The van der Waals surface area contributed by atoms with Crippen LogP contribution in [0.15, 0.2) is 35.1 Å². The summed E-state index contributed by atoms with van der Waals surface area (Å²) in [5.74, 6) is -1.83. The van der Waals surface area contributed by atoms with Crippen LogP contribution in [-0.2, 0) is 0 Å². The van der Waals surface area contributed by atoms with Crippen molar-refractivity contribution in [3.63, 3.8) is 0 Å². The Morgan fingerprint density at radius 3 is 2.76 bits per heavy atom. The zero-order valence-electron chi connectivity index (χ0n) is 10.3. The van der Waals surface area contributed by atoms with E-state index in [0.29, 0.717) is 10.2 Å². The van der Waals surface area contributed by atoms with Gasteiger partial charge in [0.25, 0.3) is 11.6 Å². The number of nitro benzene ring substituents is 1. The highest BCUT2D eigenvalue weighted by Gasteiger charge is 2.24. The fourth-order valence-electron chi connectivity index (χ4n) is 1.63. The average Bonchev–Trinajstić information content (AvgIpc) is 2.41. The Morgan fingerprint density at radius 1 is 1.43 bits per heavy atom. The largest absolute Gasteiger partial charge is 0.392 e. The van der Waals surface area contributed by atoms with Gasteiger partial charge in [-0.1, -0.05) is 0 Å². The minimum Gasteiger partial charge on any atom is -0.392 e. The third-order valence-electron chi connectivity index (χ3n) is 2.62. The van der Waals surface area contributed by atoms with Crippen molar-refractivity contribution in [1.29, 1.82) is 0 Å². The molecule has 7 nitrogen and oxygen atoms in total. The minimum absolute atomic E-state index is 0.334. The van der Waals surface area contributed by atoms with Crippen molar-refractivity contribution >= 4 is 38.9 Å². The van der Waals surface area contributed by atoms with Gasteiger partial charge in [-0.05, 0) is 28.1 Å². The number of rotatable bonds is 3. The molecule has 21 heavy (non-hydrogen) atoms. The minimum atomic E-state index is -0.944. The normalized spacial score (nSPS) is 10.2. The number of carbonyl (C=O) groups excluding carboxylic acids is 1. The molecule has 9 heteroatoms. The molecule has 0 spiro atoms. The standard InChI is InChI=1S/C12H8BrFN4O3/c13-6-5-16-4-3-8(6)17-12(19)10-7(14)1-2-9(11(10)15)18(20)21/h1-5H,15H2,(H,16,17,19). The molecule has 1 heterocycles. The molecular weight excluding hydrogens is 347 g/mol. The number of nitro groups is 1. The zero-order valence-corrected chi connectivity index (χ0v) is 11.9. The van der Waals surface area contributed by atoms with E-state index in [-0.39, 0.29) is 0 Å². The first-order valence-electron chi connectivity index (χ1n) is 5.55. The number of hydrogen-bond donors (Lipinski definition) is 2. The summed E-state index contributed by atoms with van der Waals surface area (Å²) in [7, 11) is 0. The molecule has 0 aliphatic carbocycles. The van der Waals surface area contributed by atoms with E-state index in [1.807, 2.05) is 0 Å². The monoisotopic (exact) mass is 354 g/mol. The van der Waals surface area contributed by atoms with Gasteiger partial charge >= 0.3 is 0 Å². The molecule has 0 fully saturated rings. The second-order valence-electron chi connectivity index (χ2n) is 3.92. The van der Waals surface area contributed by atoms with E-state index in [0.717, 1.165) is 12.1 Å². The van der Waals surface area contributed by atoms with Crippen molar-refractivity contribution in [3.8, 4) is 0 Å². The fraction of sp³-hybridized carbons (Fsp3) is 0. The number of nitrogens with one attached hydrogen (secondary N) is 1. The molecular formula is C12H8BrFN4O3. The number of hydrogen-bond acceptors (Lipinski definition) is 5. The Labute approximate surface area is 126 Å². The molecule has 0 unspecified atom stereocenters. The van der Waals surface area contributed by atoms with E-state index in [9.17, 15) is 19.3 Å². The molecule has 1 amide bonds. The summed E-state index contributed by atoms with van der Waals surface area (Å²) >= 11 is 3.16. The summed E-state index contributed by atoms with van der Waals surface area (Å²) in [5, 5.41) is 13.2. The van der Waals surface area contributed by atoms with E-state index < -0.39 is 33.6 Å². The number of aromatic nitrogens is 1. The van der Waals surface area contributed by atoms with Gasteiger partial charge < -0.3 is 11.1 Å². The molecule has 0 aliphatic rings. The number of pyridine rings is 1. The van der Waals surface area contributed by atoms with Gasteiger partial charge in [-0.15, -0.1) is 0 Å². The second kappa shape index (κ2) is 5.83. The summed E-state index contributed by atoms with van der Waals surface area (Å²) in [6.45, 7) is 0. The summed E-state index contributed by atoms with van der Waals surface area (Å²) in [6, 6.07) is 3.21. The molecule has 3 N–H and O–H groups in total.